The van der Waals surface area contributed by atoms with E-state index in [-0.39, 0.29) is 11.5 Å². The fraction of sp³-hybridized carbons (Fsp3) is 0.133. The summed E-state index contributed by atoms with van der Waals surface area (Å²) in [5.41, 5.74) is 1.85. The summed E-state index contributed by atoms with van der Waals surface area (Å²) in [4.78, 5) is 13.7. The lowest BCUT2D eigenvalue weighted by Crippen LogP contribution is -2.27. The number of anilines is 1. The van der Waals surface area contributed by atoms with E-state index < -0.39 is 5.82 Å². The minimum Gasteiger partial charge on any atom is -0.311 e. The molecule has 0 saturated heterocycles. The van der Waals surface area contributed by atoms with Gasteiger partial charge in [-0.2, -0.15) is 0 Å². The van der Waals surface area contributed by atoms with Crippen molar-refractivity contribution in [3.63, 3.8) is 0 Å². The second-order valence-electron chi connectivity index (χ2n) is 4.33. The highest BCUT2D eigenvalue weighted by Crippen LogP contribution is 2.20. The topological polar surface area (TPSA) is 20.3 Å². The van der Waals surface area contributed by atoms with E-state index in [4.69, 9.17) is 0 Å². The van der Waals surface area contributed by atoms with Gasteiger partial charge < -0.3 is 4.90 Å². The van der Waals surface area contributed by atoms with Crippen molar-refractivity contribution in [2.75, 3.05) is 11.9 Å². The highest BCUT2D eigenvalue weighted by atomic mass is 79.9. The second-order valence-corrected chi connectivity index (χ2v) is 5.24. The van der Waals surface area contributed by atoms with Crippen molar-refractivity contribution in [3.8, 4) is 0 Å². The van der Waals surface area contributed by atoms with Gasteiger partial charge in [0.05, 0.1) is 5.56 Å². The molecule has 19 heavy (non-hydrogen) atoms. The van der Waals surface area contributed by atoms with Crippen LogP contribution in [0.15, 0.2) is 46.9 Å². The minimum absolute atomic E-state index is 0.0622. The molecule has 2 aromatic rings. The molecule has 2 nitrogen and oxygen atoms in total. The van der Waals surface area contributed by atoms with Crippen LogP contribution in [0, 0.1) is 12.7 Å². The number of hydrogen-bond donors (Lipinski definition) is 0. The lowest BCUT2D eigenvalue weighted by atomic mass is 10.1. The minimum atomic E-state index is -0.529. The van der Waals surface area contributed by atoms with E-state index in [1.165, 1.54) is 17.0 Å². The van der Waals surface area contributed by atoms with Crippen molar-refractivity contribution in [3.05, 3.63) is 63.9 Å². The maximum atomic E-state index is 13.8. The summed E-state index contributed by atoms with van der Waals surface area (Å²) in [6.45, 7) is 1.95. The zero-order chi connectivity index (χ0) is 14.0. The molecule has 98 valence electrons. The third-order valence-corrected chi connectivity index (χ3v) is 3.35. The van der Waals surface area contributed by atoms with Gasteiger partial charge >= 0.3 is 0 Å². The predicted molar refractivity (Wildman–Crippen MR) is 78.0 cm³/mol. The maximum absolute atomic E-state index is 13.8. The smallest absolute Gasteiger partial charge is 0.260 e. The fourth-order valence-corrected chi connectivity index (χ4v) is 2.13. The van der Waals surface area contributed by atoms with E-state index in [0.29, 0.717) is 4.47 Å². The van der Waals surface area contributed by atoms with Gasteiger partial charge in [-0.15, -0.1) is 0 Å². The van der Waals surface area contributed by atoms with E-state index in [2.05, 4.69) is 15.9 Å². The molecule has 0 aromatic heterocycles. The Morgan fingerprint density at radius 2 is 1.95 bits per heavy atom. The first kappa shape index (κ1) is 13.7. The number of nitrogens with zero attached hydrogens (tertiary/aromatic N) is 1. The summed E-state index contributed by atoms with van der Waals surface area (Å²) in [6.07, 6.45) is 0. The van der Waals surface area contributed by atoms with Crippen LogP contribution in [0.1, 0.15) is 15.9 Å². The summed E-state index contributed by atoms with van der Waals surface area (Å²) >= 11 is 3.17. The van der Waals surface area contributed by atoms with Gasteiger partial charge in [0.25, 0.3) is 5.91 Å². The fourth-order valence-electron chi connectivity index (χ4n) is 1.80. The van der Waals surface area contributed by atoms with Crippen LogP contribution in [-0.4, -0.2) is 13.0 Å². The summed E-state index contributed by atoms with van der Waals surface area (Å²) in [6, 6.07) is 11.9. The number of amides is 1. The Hall–Kier alpha value is -1.68. The van der Waals surface area contributed by atoms with Gasteiger partial charge in [0.1, 0.15) is 5.82 Å². The number of hydrogen-bond acceptors (Lipinski definition) is 1. The van der Waals surface area contributed by atoms with Gasteiger partial charge in [0.15, 0.2) is 0 Å². The van der Waals surface area contributed by atoms with E-state index >= 15 is 0 Å². The van der Waals surface area contributed by atoms with Crippen molar-refractivity contribution in [2.45, 2.75) is 6.92 Å². The molecular formula is C15H13BrFNO. The van der Waals surface area contributed by atoms with Gasteiger partial charge in [-0.25, -0.2) is 4.39 Å². The molecule has 0 bridgehead atoms. The Kier molecular flexibility index (Phi) is 4.00. The van der Waals surface area contributed by atoms with E-state index in [0.717, 1.165) is 11.3 Å². The molecule has 2 aromatic carbocycles. The van der Waals surface area contributed by atoms with Crippen molar-refractivity contribution in [2.24, 2.45) is 0 Å². The van der Waals surface area contributed by atoms with Gasteiger partial charge in [0, 0.05) is 17.2 Å². The van der Waals surface area contributed by atoms with Gasteiger partial charge in [-0.3, -0.25) is 4.79 Å². The van der Waals surface area contributed by atoms with Crippen molar-refractivity contribution >= 4 is 27.5 Å². The largest absolute Gasteiger partial charge is 0.311 e. The average molecular weight is 322 g/mol. The molecule has 0 saturated carbocycles. The Morgan fingerprint density at radius 3 is 2.58 bits per heavy atom. The first-order chi connectivity index (χ1) is 8.99. The second kappa shape index (κ2) is 5.53. The van der Waals surface area contributed by atoms with Crippen LogP contribution in [0.5, 0.6) is 0 Å². The molecule has 0 aliphatic carbocycles. The zero-order valence-electron chi connectivity index (χ0n) is 10.7. The van der Waals surface area contributed by atoms with Gasteiger partial charge in [-0.1, -0.05) is 28.1 Å². The van der Waals surface area contributed by atoms with Gasteiger partial charge in [0.2, 0.25) is 0 Å². The Bertz CT molecular complexity index is 627. The van der Waals surface area contributed by atoms with Gasteiger partial charge in [-0.05, 0) is 42.8 Å². The molecular weight excluding hydrogens is 309 g/mol. The molecule has 2 rings (SSSR count). The highest BCUT2D eigenvalue weighted by molar-refractivity contribution is 9.10. The molecule has 0 fully saturated rings. The normalized spacial score (nSPS) is 10.3. The Balaban J connectivity index is 2.33. The molecule has 0 N–H and O–H groups in total. The molecule has 0 heterocycles. The maximum Gasteiger partial charge on any atom is 0.260 e. The third kappa shape index (κ3) is 3.01. The molecule has 0 aliphatic rings. The molecule has 0 unspecified atom stereocenters. The van der Waals surface area contributed by atoms with Crippen LogP contribution in [0.2, 0.25) is 0 Å². The van der Waals surface area contributed by atoms with Crippen LogP contribution in [-0.2, 0) is 0 Å². The van der Waals surface area contributed by atoms with E-state index in [1.807, 2.05) is 31.2 Å². The van der Waals surface area contributed by atoms with Crippen molar-refractivity contribution in [1.82, 2.24) is 0 Å². The molecule has 0 radical (unpaired) electrons. The first-order valence-corrected chi connectivity index (χ1v) is 6.58. The number of halogens is 2. The number of rotatable bonds is 2. The molecule has 4 heteroatoms. The van der Waals surface area contributed by atoms with Crippen LogP contribution in [0.4, 0.5) is 10.1 Å². The standard InChI is InChI=1S/C15H13BrFNO/c1-10-4-3-5-12(8-10)18(2)15(19)13-7-6-11(16)9-14(13)17/h3-9H,1-2H3. The number of carbonyl (C=O) groups is 1. The lowest BCUT2D eigenvalue weighted by Gasteiger charge is -2.18. The molecule has 0 atom stereocenters. The first-order valence-electron chi connectivity index (χ1n) is 5.79. The predicted octanol–water partition coefficient (Wildman–Crippen LogP) is 4.17. The average Bonchev–Trinajstić information content (AvgIpc) is 2.37. The molecule has 0 spiro atoms. The summed E-state index contributed by atoms with van der Waals surface area (Å²) in [5.74, 6) is -0.894. The molecule has 1 amide bonds. The van der Waals surface area contributed by atoms with Crippen LogP contribution < -0.4 is 4.90 Å². The summed E-state index contributed by atoms with van der Waals surface area (Å²) < 4.78 is 14.4. The summed E-state index contributed by atoms with van der Waals surface area (Å²) in [5, 5.41) is 0. The van der Waals surface area contributed by atoms with Crippen LogP contribution in [0.3, 0.4) is 0 Å². The summed E-state index contributed by atoms with van der Waals surface area (Å²) in [7, 11) is 1.64. The number of aryl methyl sites for hydroxylation is 1. The highest BCUT2D eigenvalue weighted by Gasteiger charge is 2.17. The lowest BCUT2D eigenvalue weighted by molar-refractivity contribution is 0.0989. The molecule has 0 aliphatic heterocycles. The monoisotopic (exact) mass is 321 g/mol. The number of carbonyl (C=O) groups excluding carboxylic acids is 1. The van der Waals surface area contributed by atoms with E-state index in [9.17, 15) is 9.18 Å². The van der Waals surface area contributed by atoms with Crippen molar-refractivity contribution < 1.29 is 9.18 Å². The quantitative estimate of drug-likeness (QED) is 0.812. The number of benzene rings is 2. The van der Waals surface area contributed by atoms with Crippen LogP contribution >= 0.6 is 15.9 Å². The van der Waals surface area contributed by atoms with E-state index in [1.54, 1.807) is 13.1 Å². The Labute approximate surface area is 120 Å². The van der Waals surface area contributed by atoms with Crippen LogP contribution in [0.25, 0.3) is 0 Å². The Morgan fingerprint density at radius 1 is 1.21 bits per heavy atom. The van der Waals surface area contributed by atoms with Crippen molar-refractivity contribution in [1.29, 1.82) is 0 Å². The zero-order valence-corrected chi connectivity index (χ0v) is 12.2. The third-order valence-electron chi connectivity index (χ3n) is 2.86. The SMILES string of the molecule is Cc1cccc(N(C)C(=O)c2ccc(Br)cc2F)c1.